The number of nitrogens with zero attached hydrogens (tertiary/aromatic N) is 3. The molecule has 0 aliphatic heterocycles. The molecule has 3 N–H and O–H groups in total. The van der Waals surface area contributed by atoms with Crippen molar-refractivity contribution in [1.82, 2.24) is 19.5 Å². The first kappa shape index (κ1) is 12.7. The maximum absolute atomic E-state index is 12.3. The Bertz CT molecular complexity index is 823. The molecule has 0 aliphatic rings. The molecule has 0 saturated heterocycles. The van der Waals surface area contributed by atoms with Crippen molar-refractivity contribution in [3.05, 3.63) is 51.5 Å². The molecule has 0 bridgehead atoms. The minimum atomic E-state index is -0.225. The molecule has 0 atom stereocenters. The Morgan fingerprint density at radius 2 is 2.15 bits per heavy atom. The highest BCUT2D eigenvalue weighted by Gasteiger charge is 2.11. The number of fused-ring (bicyclic) bond motifs is 1. The monoisotopic (exact) mass is 289 g/mol. The van der Waals surface area contributed by atoms with E-state index in [0.29, 0.717) is 29.2 Å². The summed E-state index contributed by atoms with van der Waals surface area (Å²) in [4.78, 5) is 23.1. The van der Waals surface area contributed by atoms with Crippen LogP contribution < -0.4 is 11.3 Å². The molecule has 3 aromatic rings. The molecular formula is C13H12ClN5O. The molecule has 3 rings (SSSR count). The number of halogens is 1. The van der Waals surface area contributed by atoms with Crippen molar-refractivity contribution in [3.63, 3.8) is 0 Å². The molecule has 0 spiro atoms. The standard InChI is InChI=1S/C13H12ClN5O/c14-9-4-2-1-3-8(9)5-6-19-12(20)10-11(17-7-16-10)18-13(19)15/h1-4,7H,5-6H2,(H2,15,18)(H,16,17). The van der Waals surface area contributed by atoms with Gasteiger partial charge in [-0.15, -0.1) is 0 Å². The van der Waals surface area contributed by atoms with Crippen molar-refractivity contribution in [3.8, 4) is 0 Å². The molecule has 6 nitrogen and oxygen atoms in total. The second kappa shape index (κ2) is 4.97. The lowest BCUT2D eigenvalue weighted by Gasteiger charge is -2.09. The third kappa shape index (κ3) is 2.14. The Morgan fingerprint density at radius 3 is 2.95 bits per heavy atom. The summed E-state index contributed by atoms with van der Waals surface area (Å²) in [6, 6.07) is 7.51. The number of nitrogens with one attached hydrogen (secondary N) is 1. The Kier molecular flexibility index (Phi) is 3.15. The van der Waals surface area contributed by atoms with E-state index in [4.69, 9.17) is 17.3 Å². The highest BCUT2D eigenvalue weighted by molar-refractivity contribution is 6.31. The van der Waals surface area contributed by atoms with Crippen molar-refractivity contribution in [2.24, 2.45) is 0 Å². The number of rotatable bonds is 3. The lowest BCUT2D eigenvalue weighted by Crippen LogP contribution is -2.25. The molecule has 102 valence electrons. The molecule has 1 aromatic carbocycles. The van der Waals surface area contributed by atoms with Crippen LogP contribution in [0.2, 0.25) is 5.02 Å². The zero-order chi connectivity index (χ0) is 14.1. The van der Waals surface area contributed by atoms with Gasteiger partial charge in [0.2, 0.25) is 5.95 Å². The quantitative estimate of drug-likeness (QED) is 0.766. The molecular weight excluding hydrogens is 278 g/mol. The number of imidazole rings is 1. The molecule has 2 aromatic heterocycles. The van der Waals surface area contributed by atoms with E-state index in [1.54, 1.807) is 0 Å². The van der Waals surface area contributed by atoms with Crippen LogP contribution in [0.3, 0.4) is 0 Å². The van der Waals surface area contributed by atoms with Gasteiger partial charge < -0.3 is 10.7 Å². The van der Waals surface area contributed by atoms with Crippen LogP contribution in [0.1, 0.15) is 5.56 Å². The zero-order valence-corrected chi connectivity index (χ0v) is 11.3. The lowest BCUT2D eigenvalue weighted by molar-refractivity contribution is 0.673. The minimum Gasteiger partial charge on any atom is -0.369 e. The third-order valence-electron chi connectivity index (χ3n) is 3.14. The van der Waals surface area contributed by atoms with Gasteiger partial charge in [-0.1, -0.05) is 29.8 Å². The van der Waals surface area contributed by atoms with Crippen LogP contribution in [-0.4, -0.2) is 19.5 Å². The Labute approximate surface area is 119 Å². The maximum Gasteiger partial charge on any atom is 0.280 e. The number of hydrogen-bond donors (Lipinski definition) is 2. The molecule has 2 heterocycles. The first-order valence-electron chi connectivity index (χ1n) is 6.09. The van der Waals surface area contributed by atoms with E-state index in [1.807, 2.05) is 24.3 Å². The number of aromatic nitrogens is 4. The van der Waals surface area contributed by atoms with Gasteiger partial charge in [-0.3, -0.25) is 9.36 Å². The molecule has 0 aliphatic carbocycles. The second-order valence-electron chi connectivity index (χ2n) is 4.37. The molecule has 0 saturated carbocycles. The van der Waals surface area contributed by atoms with Gasteiger partial charge in [0.05, 0.1) is 6.33 Å². The average molecular weight is 290 g/mol. The van der Waals surface area contributed by atoms with Crippen LogP contribution in [0.25, 0.3) is 11.2 Å². The van der Waals surface area contributed by atoms with Crippen LogP contribution in [0, 0.1) is 0 Å². The summed E-state index contributed by atoms with van der Waals surface area (Å²) >= 11 is 6.10. The van der Waals surface area contributed by atoms with E-state index in [1.165, 1.54) is 10.9 Å². The van der Waals surface area contributed by atoms with Gasteiger partial charge in [0, 0.05) is 11.6 Å². The predicted molar refractivity (Wildman–Crippen MR) is 77.7 cm³/mol. The van der Waals surface area contributed by atoms with E-state index in [2.05, 4.69) is 15.0 Å². The predicted octanol–water partition coefficient (Wildman–Crippen LogP) is 1.60. The van der Waals surface area contributed by atoms with Crippen molar-refractivity contribution in [2.75, 3.05) is 5.73 Å². The maximum atomic E-state index is 12.3. The van der Waals surface area contributed by atoms with E-state index in [0.717, 1.165) is 5.56 Å². The van der Waals surface area contributed by atoms with Gasteiger partial charge in [0.25, 0.3) is 5.56 Å². The SMILES string of the molecule is Nc1nc2nc[nH]c2c(=O)n1CCc1ccccc1Cl. The summed E-state index contributed by atoms with van der Waals surface area (Å²) in [5, 5.41) is 0.676. The van der Waals surface area contributed by atoms with Gasteiger partial charge in [0.1, 0.15) is 0 Å². The molecule has 20 heavy (non-hydrogen) atoms. The summed E-state index contributed by atoms with van der Waals surface area (Å²) in [6.45, 7) is 0.413. The van der Waals surface area contributed by atoms with E-state index >= 15 is 0 Å². The number of H-pyrrole nitrogens is 1. The summed E-state index contributed by atoms with van der Waals surface area (Å²) in [7, 11) is 0. The van der Waals surface area contributed by atoms with Crippen molar-refractivity contribution in [1.29, 1.82) is 0 Å². The molecule has 0 amide bonds. The van der Waals surface area contributed by atoms with Gasteiger partial charge in [0.15, 0.2) is 11.2 Å². The van der Waals surface area contributed by atoms with E-state index in [-0.39, 0.29) is 11.5 Å². The number of aryl methyl sites for hydroxylation is 1. The van der Waals surface area contributed by atoms with Crippen LogP contribution in [-0.2, 0) is 13.0 Å². The van der Waals surface area contributed by atoms with Crippen LogP contribution in [0.5, 0.6) is 0 Å². The lowest BCUT2D eigenvalue weighted by atomic mass is 10.1. The molecule has 0 fully saturated rings. The van der Waals surface area contributed by atoms with Crippen LogP contribution >= 0.6 is 11.6 Å². The first-order chi connectivity index (χ1) is 9.66. The Balaban J connectivity index is 1.95. The van der Waals surface area contributed by atoms with E-state index in [9.17, 15) is 4.79 Å². The fraction of sp³-hybridized carbons (Fsp3) is 0.154. The normalized spacial score (nSPS) is 11.1. The largest absolute Gasteiger partial charge is 0.369 e. The van der Waals surface area contributed by atoms with Crippen molar-refractivity contribution in [2.45, 2.75) is 13.0 Å². The highest BCUT2D eigenvalue weighted by Crippen LogP contribution is 2.16. The minimum absolute atomic E-state index is 0.154. The fourth-order valence-corrected chi connectivity index (χ4v) is 2.32. The molecule has 0 radical (unpaired) electrons. The zero-order valence-electron chi connectivity index (χ0n) is 10.5. The van der Waals surface area contributed by atoms with Gasteiger partial charge in [-0.2, -0.15) is 4.98 Å². The fourth-order valence-electron chi connectivity index (χ4n) is 2.09. The van der Waals surface area contributed by atoms with Crippen molar-refractivity contribution >= 4 is 28.7 Å². The second-order valence-corrected chi connectivity index (χ2v) is 4.78. The summed E-state index contributed by atoms with van der Waals surface area (Å²) in [5.74, 6) is 0.154. The van der Waals surface area contributed by atoms with Gasteiger partial charge >= 0.3 is 0 Å². The Morgan fingerprint density at radius 1 is 1.35 bits per heavy atom. The number of anilines is 1. The Hall–Kier alpha value is -2.34. The topological polar surface area (TPSA) is 89.6 Å². The van der Waals surface area contributed by atoms with Gasteiger partial charge in [-0.05, 0) is 18.1 Å². The van der Waals surface area contributed by atoms with Crippen LogP contribution in [0.15, 0.2) is 35.4 Å². The smallest absolute Gasteiger partial charge is 0.280 e. The third-order valence-corrected chi connectivity index (χ3v) is 3.51. The first-order valence-corrected chi connectivity index (χ1v) is 6.47. The summed E-state index contributed by atoms with van der Waals surface area (Å²) in [5.41, 5.74) is 7.25. The number of nitrogens with two attached hydrogens (primary N) is 1. The van der Waals surface area contributed by atoms with E-state index < -0.39 is 0 Å². The van der Waals surface area contributed by atoms with Gasteiger partial charge in [-0.25, -0.2) is 4.98 Å². The summed E-state index contributed by atoms with van der Waals surface area (Å²) in [6.07, 6.45) is 2.03. The number of hydrogen-bond acceptors (Lipinski definition) is 4. The van der Waals surface area contributed by atoms with Crippen molar-refractivity contribution < 1.29 is 0 Å². The average Bonchev–Trinajstić information content (AvgIpc) is 2.88. The molecule has 0 unspecified atom stereocenters. The summed E-state index contributed by atoms with van der Waals surface area (Å²) < 4.78 is 1.42. The number of nitrogen functional groups attached to an aromatic ring is 1. The van der Waals surface area contributed by atoms with Crippen LogP contribution in [0.4, 0.5) is 5.95 Å². The number of benzene rings is 1. The molecule has 7 heteroatoms. The number of aromatic amines is 1. The highest BCUT2D eigenvalue weighted by atomic mass is 35.5.